The van der Waals surface area contributed by atoms with Gasteiger partial charge in [-0.2, -0.15) is 0 Å². The molecule has 0 fully saturated rings. The molecule has 0 amide bonds. The summed E-state index contributed by atoms with van der Waals surface area (Å²) in [6.07, 6.45) is 2.99. The number of halogens is 2. The fourth-order valence-corrected chi connectivity index (χ4v) is 2.46. The molecule has 2 aromatic carbocycles. The van der Waals surface area contributed by atoms with Gasteiger partial charge in [-0.3, -0.25) is 0 Å². The van der Waals surface area contributed by atoms with Crippen molar-refractivity contribution in [2.75, 3.05) is 6.54 Å². The van der Waals surface area contributed by atoms with Crippen molar-refractivity contribution in [3.63, 3.8) is 0 Å². The zero-order valence-corrected chi connectivity index (χ0v) is 13.2. The molecule has 110 valence electrons. The first-order chi connectivity index (χ1) is 9.81. The van der Waals surface area contributed by atoms with Crippen molar-refractivity contribution in [3.05, 3.63) is 70.9 Å². The molecule has 2 nitrogen and oxygen atoms in total. The van der Waals surface area contributed by atoms with Crippen molar-refractivity contribution in [2.45, 2.75) is 13.0 Å². The summed E-state index contributed by atoms with van der Waals surface area (Å²) in [5, 5.41) is 5.54. The average molecular weight is 321 g/mol. The fourth-order valence-electron chi connectivity index (χ4n) is 2.33. The quantitative estimate of drug-likeness (QED) is 0.662. The Morgan fingerprint density at radius 2 is 1.71 bits per heavy atom. The Labute approximate surface area is 135 Å². The molecule has 3 aromatic rings. The third kappa shape index (κ3) is 4.24. The molecule has 21 heavy (non-hydrogen) atoms. The maximum absolute atomic E-state index is 5.87. The lowest BCUT2D eigenvalue weighted by molar-refractivity contribution is 0.687. The molecular formula is C17H18Cl2N2. The van der Waals surface area contributed by atoms with E-state index < -0.39 is 0 Å². The van der Waals surface area contributed by atoms with E-state index in [2.05, 4.69) is 46.7 Å². The summed E-state index contributed by atoms with van der Waals surface area (Å²) < 4.78 is 0. The van der Waals surface area contributed by atoms with E-state index in [0.29, 0.717) is 0 Å². The second-order valence-corrected chi connectivity index (χ2v) is 5.39. The lowest BCUT2D eigenvalue weighted by atomic mass is 10.1. The van der Waals surface area contributed by atoms with Crippen LogP contribution < -0.4 is 5.32 Å². The third-order valence-corrected chi connectivity index (χ3v) is 3.70. The summed E-state index contributed by atoms with van der Waals surface area (Å²) >= 11 is 5.87. The minimum absolute atomic E-state index is 0. The van der Waals surface area contributed by atoms with Gasteiger partial charge in [0.25, 0.3) is 0 Å². The van der Waals surface area contributed by atoms with Crippen molar-refractivity contribution in [1.29, 1.82) is 0 Å². The summed E-state index contributed by atoms with van der Waals surface area (Å²) in [5.74, 6) is 0. The minimum atomic E-state index is 0. The molecular weight excluding hydrogens is 303 g/mol. The van der Waals surface area contributed by atoms with Crippen LogP contribution in [0.2, 0.25) is 5.02 Å². The predicted molar refractivity (Wildman–Crippen MR) is 92.4 cm³/mol. The van der Waals surface area contributed by atoms with E-state index in [9.17, 15) is 0 Å². The molecule has 2 N–H and O–H groups in total. The molecule has 0 radical (unpaired) electrons. The Morgan fingerprint density at radius 3 is 2.52 bits per heavy atom. The number of aromatic nitrogens is 1. The highest BCUT2D eigenvalue weighted by Crippen LogP contribution is 2.14. The number of hydrogen-bond donors (Lipinski definition) is 2. The molecule has 1 aromatic heterocycles. The van der Waals surface area contributed by atoms with Gasteiger partial charge >= 0.3 is 0 Å². The van der Waals surface area contributed by atoms with Gasteiger partial charge in [-0.1, -0.05) is 29.8 Å². The number of rotatable bonds is 5. The van der Waals surface area contributed by atoms with Crippen LogP contribution in [0.3, 0.4) is 0 Å². The third-order valence-electron chi connectivity index (χ3n) is 3.45. The maximum atomic E-state index is 5.87. The van der Waals surface area contributed by atoms with Crippen molar-refractivity contribution < 1.29 is 0 Å². The van der Waals surface area contributed by atoms with E-state index in [1.54, 1.807) is 0 Å². The van der Waals surface area contributed by atoms with Crippen LogP contribution in [0.4, 0.5) is 0 Å². The Morgan fingerprint density at radius 1 is 0.952 bits per heavy atom. The van der Waals surface area contributed by atoms with E-state index >= 15 is 0 Å². The highest BCUT2D eigenvalue weighted by molar-refractivity contribution is 6.30. The topological polar surface area (TPSA) is 27.8 Å². The Kier molecular flexibility index (Phi) is 5.68. The van der Waals surface area contributed by atoms with Crippen LogP contribution in [0.5, 0.6) is 0 Å². The van der Waals surface area contributed by atoms with Crippen LogP contribution in [0.25, 0.3) is 10.9 Å². The normalized spacial score (nSPS) is 10.5. The fraction of sp³-hybridized carbons (Fsp3) is 0.176. The van der Waals surface area contributed by atoms with Gasteiger partial charge in [0.2, 0.25) is 0 Å². The maximum Gasteiger partial charge on any atom is 0.0454 e. The largest absolute Gasteiger partial charge is 0.361 e. The van der Waals surface area contributed by atoms with Gasteiger partial charge in [0.15, 0.2) is 0 Å². The van der Waals surface area contributed by atoms with E-state index in [0.717, 1.165) is 24.5 Å². The van der Waals surface area contributed by atoms with Gasteiger partial charge in [-0.15, -0.1) is 12.4 Å². The second kappa shape index (κ2) is 7.51. The molecule has 0 saturated carbocycles. The van der Waals surface area contributed by atoms with Gasteiger partial charge in [0, 0.05) is 23.3 Å². The van der Waals surface area contributed by atoms with Gasteiger partial charge < -0.3 is 10.3 Å². The van der Waals surface area contributed by atoms with Crippen LogP contribution in [0.15, 0.2) is 54.7 Å². The molecule has 0 aliphatic heterocycles. The van der Waals surface area contributed by atoms with Gasteiger partial charge in [0.1, 0.15) is 0 Å². The average Bonchev–Trinajstić information content (AvgIpc) is 2.93. The molecule has 0 saturated heterocycles. The summed E-state index contributed by atoms with van der Waals surface area (Å²) in [4.78, 5) is 3.21. The Balaban J connectivity index is 0.00000161. The van der Waals surface area contributed by atoms with Gasteiger partial charge in [-0.05, 0) is 59.8 Å². The van der Waals surface area contributed by atoms with Crippen LogP contribution in [0.1, 0.15) is 11.1 Å². The van der Waals surface area contributed by atoms with E-state index in [4.69, 9.17) is 11.6 Å². The molecule has 0 unspecified atom stereocenters. The highest BCUT2D eigenvalue weighted by Gasteiger charge is 1.98. The van der Waals surface area contributed by atoms with Crippen LogP contribution in [-0.4, -0.2) is 11.5 Å². The van der Waals surface area contributed by atoms with Crippen LogP contribution in [-0.2, 0) is 13.0 Å². The smallest absolute Gasteiger partial charge is 0.0454 e. The summed E-state index contributed by atoms with van der Waals surface area (Å²) in [6, 6.07) is 16.7. The van der Waals surface area contributed by atoms with E-state index in [1.165, 1.54) is 22.0 Å². The Hall–Kier alpha value is -1.48. The standard InChI is InChI=1S/C17H17ClN2.ClH/c18-16-4-1-13(2-5-16)7-9-19-12-14-3-6-17-15(11-14)8-10-20-17;/h1-6,8,10-11,19-20H,7,9,12H2;1H. The highest BCUT2D eigenvalue weighted by atomic mass is 35.5. The SMILES string of the molecule is Cl.Clc1ccc(CCNCc2ccc3[nH]ccc3c2)cc1. The number of benzene rings is 2. The van der Waals surface area contributed by atoms with Crippen molar-refractivity contribution in [2.24, 2.45) is 0 Å². The molecule has 0 aliphatic carbocycles. The summed E-state index contributed by atoms with van der Waals surface area (Å²) in [6.45, 7) is 1.86. The molecule has 0 atom stereocenters. The summed E-state index contributed by atoms with van der Waals surface area (Å²) in [5.41, 5.74) is 3.81. The first kappa shape index (κ1) is 15.9. The lowest BCUT2D eigenvalue weighted by Crippen LogP contribution is -2.16. The zero-order valence-electron chi connectivity index (χ0n) is 11.6. The molecule has 3 rings (SSSR count). The molecule has 4 heteroatoms. The van der Waals surface area contributed by atoms with Crippen molar-refractivity contribution in [1.82, 2.24) is 10.3 Å². The molecule has 0 aliphatic rings. The van der Waals surface area contributed by atoms with Crippen LogP contribution >= 0.6 is 24.0 Å². The lowest BCUT2D eigenvalue weighted by Gasteiger charge is -2.06. The first-order valence-corrected chi connectivity index (χ1v) is 7.20. The number of fused-ring (bicyclic) bond motifs is 1. The number of hydrogen-bond acceptors (Lipinski definition) is 1. The number of H-pyrrole nitrogens is 1. The van der Waals surface area contributed by atoms with Crippen molar-refractivity contribution in [3.8, 4) is 0 Å². The zero-order chi connectivity index (χ0) is 13.8. The number of aromatic amines is 1. The molecule has 0 spiro atoms. The minimum Gasteiger partial charge on any atom is -0.361 e. The molecule has 0 bridgehead atoms. The van der Waals surface area contributed by atoms with Crippen molar-refractivity contribution >= 4 is 34.9 Å². The predicted octanol–water partition coefficient (Wildman–Crippen LogP) is 4.58. The van der Waals surface area contributed by atoms with Gasteiger partial charge in [0.05, 0.1) is 0 Å². The first-order valence-electron chi connectivity index (χ1n) is 6.82. The Bertz CT molecular complexity index is 689. The molecule has 1 heterocycles. The van der Waals surface area contributed by atoms with E-state index in [1.807, 2.05) is 18.3 Å². The van der Waals surface area contributed by atoms with Gasteiger partial charge in [-0.25, -0.2) is 0 Å². The van der Waals surface area contributed by atoms with Crippen LogP contribution in [0, 0.1) is 0 Å². The second-order valence-electron chi connectivity index (χ2n) is 4.95. The summed E-state index contributed by atoms with van der Waals surface area (Å²) in [7, 11) is 0. The van der Waals surface area contributed by atoms with E-state index in [-0.39, 0.29) is 12.4 Å². The number of nitrogens with one attached hydrogen (secondary N) is 2. The monoisotopic (exact) mass is 320 g/mol.